The van der Waals surface area contributed by atoms with Crippen LogP contribution in [0, 0.1) is 10.4 Å². The van der Waals surface area contributed by atoms with Crippen LogP contribution in [0.4, 0.5) is 74.1 Å². The summed E-state index contributed by atoms with van der Waals surface area (Å²) in [6.07, 6.45) is -10.7. The molecule has 8 nitrogen and oxygen atoms in total. The number of quaternary nitrogens is 2. The Bertz CT molecular complexity index is 922. The lowest BCUT2D eigenvalue weighted by Gasteiger charge is -2.39. The van der Waals surface area contributed by atoms with Crippen LogP contribution in [0.15, 0.2) is 23.3 Å². The van der Waals surface area contributed by atoms with E-state index in [1.54, 1.807) is 5.43 Å². The van der Waals surface area contributed by atoms with Crippen LogP contribution in [-0.2, 0) is 0 Å². The van der Waals surface area contributed by atoms with Crippen molar-refractivity contribution in [3.05, 3.63) is 28.6 Å². The summed E-state index contributed by atoms with van der Waals surface area (Å²) in [5, 5.41) is 38.9. The van der Waals surface area contributed by atoms with Crippen LogP contribution in [0.1, 0.15) is 6.42 Å². The summed E-state index contributed by atoms with van der Waals surface area (Å²) >= 11 is 0. The second-order valence-electron chi connectivity index (χ2n) is 6.50. The highest BCUT2D eigenvalue weighted by Crippen LogP contribution is 2.60. The number of alkyl halides is 13. The van der Waals surface area contributed by atoms with Crippen LogP contribution in [0.3, 0.4) is 0 Å². The molecule has 0 spiro atoms. The topological polar surface area (TPSA) is 120 Å². The molecule has 0 heterocycles. The van der Waals surface area contributed by atoms with Crippen LogP contribution in [0.2, 0.25) is 0 Å². The van der Waals surface area contributed by atoms with Gasteiger partial charge < -0.3 is 10.4 Å². The maximum atomic E-state index is 13.6. The lowest BCUT2D eigenvalue weighted by Crippen LogP contribution is -3.00. The summed E-state index contributed by atoms with van der Waals surface area (Å²) in [5.74, 6) is -37.7. The number of nitrogens with zero attached hydrogens (tertiary/aromatic N) is 1. The predicted octanol–water partition coefficient (Wildman–Crippen LogP) is 3.02. The Morgan fingerprint density at radius 1 is 0.771 bits per heavy atom. The summed E-state index contributed by atoms with van der Waals surface area (Å²) in [4.78, 5) is 0. The quantitative estimate of drug-likeness (QED) is 0.176. The molecule has 0 aliphatic heterocycles. The smallest absolute Gasteiger partial charge is 0.460 e. The van der Waals surface area contributed by atoms with E-state index >= 15 is 0 Å². The van der Waals surface area contributed by atoms with Gasteiger partial charge in [0.05, 0.1) is 12.5 Å². The molecule has 0 saturated carbocycles. The van der Waals surface area contributed by atoms with Gasteiger partial charge >= 0.3 is 35.8 Å². The molecule has 0 amide bonds. The summed E-state index contributed by atoms with van der Waals surface area (Å²) in [5.41, 5.74) is -0.531. The van der Waals surface area contributed by atoms with E-state index in [0.717, 1.165) is 6.07 Å². The standard InChI is InChI=1S/C14H11F13N4O4/c15-9(16,10(17,18)11(19,20)12(21,22)13(23,24)14(25,26)27)3-4-28-29-7-2-1-6(30(32)33)5-8(7)31(34)35/h1-2,4-5,29-32,34H,3H2. The first-order chi connectivity index (χ1) is 15.5. The number of hydrogen-bond acceptors (Lipinski definition) is 6. The lowest BCUT2D eigenvalue weighted by atomic mass is 9.93. The molecule has 0 radical (unpaired) electrons. The van der Waals surface area contributed by atoms with Crippen molar-refractivity contribution in [1.82, 2.24) is 0 Å². The van der Waals surface area contributed by atoms with Crippen molar-refractivity contribution in [2.24, 2.45) is 5.10 Å². The van der Waals surface area contributed by atoms with Crippen molar-refractivity contribution in [2.45, 2.75) is 42.2 Å². The Hall–Kier alpha value is -2.46. The highest BCUT2D eigenvalue weighted by molar-refractivity contribution is 5.67. The van der Waals surface area contributed by atoms with E-state index in [-0.39, 0.29) is 0 Å². The molecule has 35 heavy (non-hydrogen) atoms. The van der Waals surface area contributed by atoms with Gasteiger partial charge in [-0.3, -0.25) is 5.43 Å². The SMILES string of the molecule is [O-][NH+](O)c1ccc(NN=CCC(F)(F)C(F)(F)C(F)(F)C(F)(F)C(F)(F)C(F)(F)F)c([NH+]([O-])O)c1. The third kappa shape index (κ3) is 5.38. The van der Waals surface area contributed by atoms with Crippen molar-refractivity contribution >= 4 is 23.3 Å². The first kappa shape index (κ1) is 30.6. The fraction of sp³-hybridized carbons (Fsp3) is 0.500. The van der Waals surface area contributed by atoms with Gasteiger partial charge in [-0.1, -0.05) is 0 Å². The normalized spacial score (nSPS) is 16.5. The van der Waals surface area contributed by atoms with E-state index in [0.29, 0.717) is 12.1 Å². The van der Waals surface area contributed by atoms with Crippen molar-refractivity contribution in [2.75, 3.05) is 5.43 Å². The zero-order chi connectivity index (χ0) is 27.8. The van der Waals surface area contributed by atoms with Crippen LogP contribution in [0.5, 0.6) is 0 Å². The van der Waals surface area contributed by atoms with Gasteiger partial charge in [0.2, 0.25) is 0 Å². The van der Waals surface area contributed by atoms with E-state index in [1.807, 2.05) is 0 Å². The van der Waals surface area contributed by atoms with Gasteiger partial charge in [-0.05, 0) is 6.07 Å². The molecule has 2 atom stereocenters. The molecule has 1 rings (SSSR count). The van der Waals surface area contributed by atoms with Crippen LogP contribution >= 0.6 is 0 Å². The van der Waals surface area contributed by atoms with Gasteiger partial charge in [-0.2, -0.15) is 72.6 Å². The lowest BCUT2D eigenvalue weighted by molar-refractivity contribution is -0.996. The Balaban J connectivity index is 3.18. The van der Waals surface area contributed by atoms with E-state index in [1.165, 1.54) is 0 Å². The van der Waals surface area contributed by atoms with E-state index in [9.17, 15) is 67.5 Å². The van der Waals surface area contributed by atoms with Gasteiger partial charge in [-0.15, -0.1) is 0 Å². The molecule has 2 unspecified atom stereocenters. The number of rotatable bonds is 10. The molecule has 21 heteroatoms. The molecule has 0 aliphatic rings. The summed E-state index contributed by atoms with van der Waals surface area (Å²) in [6, 6.07) is 1.96. The van der Waals surface area contributed by atoms with Gasteiger partial charge in [-0.25, -0.2) is 10.4 Å². The third-order valence-electron chi connectivity index (χ3n) is 4.12. The van der Waals surface area contributed by atoms with Gasteiger partial charge in [0.25, 0.3) is 0 Å². The molecule has 5 N–H and O–H groups in total. The molecule has 202 valence electrons. The molecule has 0 saturated heterocycles. The monoisotopic (exact) mass is 546 g/mol. The van der Waals surface area contributed by atoms with Crippen molar-refractivity contribution in [3.8, 4) is 0 Å². The van der Waals surface area contributed by atoms with E-state index in [2.05, 4.69) is 5.10 Å². The Morgan fingerprint density at radius 3 is 1.69 bits per heavy atom. The highest BCUT2D eigenvalue weighted by atomic mass is 19.4. The number of hydrogen-bond donors (Lipinski definition) is 5. The maximum absolute atomic E-state index is 13.6. The second kappa shape index (κ2) is 9.54. The minimum absolute atomic E-state index is 0.430. The number of benzene rings is 1. The molecule has 1 aromatic carbocycles. The Labute approximate surface area is 183 Å². The maximum Gasteiger partial charge on any atom is 0.460 e. The Kier molecular flexibility index (Phi) is 8.33. The van der Waals surface area contributed by atoms with Gasteiger partial charge in [0.15, 0.2) is 11.4 Å². The number of nitrogens with one attached hydrogen (secondary N) is 3. The minimum Gasteiger partial charge on any atom is -0.595 e. The van der Waals surface area contributed by atoms with E-state index in [4.69, 9.17) is 10.4 Å². The number of anilines is 1. The fourth-order valence-electron chi connectivity index (χ4n) is 2.16. The summed E-state index contributed by atoms with van der Waals surface area (Å²) in [6.45, 7) is 0. The Morgan fingerprint density at radius 2 is 1.26 bits per heavy atom. The molecular formula is C14H11F13N4O4. The summed E-state index contributed by atoms with van der Waals surface area (Å²) in [7, 11) is 0. The third-order valence-corrected chi connectivity index (χ3v) is 4.12. The fourth-order valence-corrected chi connectivity index (χ4v) is 2.16. The molecule has 0 aromatic heterocycles. The zero-order valence-corrected chi connectivity index (χ0v) is 16.1. The van der Waals surface area contributed by atoms with Crippen LogP contribution < -0.4 is 15.9 Å². The summed E-state index contributed by atoms with van der Waals surface area (Å²) < 4.78 is 169. The molecular weight excluding hydrogens is 535 g/mol. The first-order valence-corrected chi connectivity index (χ1v) is 8.29. The minimum atomic E-state index is -8.02. The van der Waals surface area contributed by atoms with E-state index < -0.39 is 75.9 Å². The van der Waals surface area contributed by atoms with Crippen molar-refractivity contribution < 1.29 is 77.9 Å². The van der Waals surface area contributed by atoms with Crippen molar-refractivity contribution in [3.63, 3.8) is 0 Å². The van der Waals surface area contributed by atoms with Crippen LogP contribution in [-0.4, -0.2) is 52.4 Å². The molecule has 0 fully saturated rings. The highest BCUT2D eigenvalue weighted by Gasteiger charge is 2.90. The zero-order valence-electron chi connectivity index (χ0n) is 16.1. The number of halogens is 13. The molecule has 1 aromatic rings. The predicted molar refractivity (Wildman–Crippen MR) is 85.5 cm³/mol. The molecule has 0 bridgehead atoms. The van der Waals surface area contributed by atoms with Crippen molar-refractivity contribution in [1.29, 1.82) is 0 Å². The average Bonchev–Trinajstić information content (AvgIpc) is 2.69. The van der Waals surface area contributed by atoms with Gasteiger partial charge in [0.1, 0.15) is 5.69 Å². The second-order valence-corrected chi connectivity index (χ2v) is 6.50. The number of hydrazone groups is 1. The molecule has 0 aliphatic carbocycles. The van der Waals surface area contributed by atoms with Gasteiger partial charge in [0, 0.05) is 12.3 Å². The van der Waals surface area contributed by atoms with Crippen LogP contribution in [0.25, 0.3) is 0 Å². The first-order valence-electron chi connectivity index (χ1n) is 8.29. The average molecular weight is 546 g/mol. The largest absolute Gasteiger partial charge is 0.595 e.